The van der Waals surface area contributed by atoms with Gasteiger partial charge >= 0.3 is 0 Å². The van der Waals surface area contributed by atoms with E-state index in [0.29, 0.717) is 32.9 Å². The molecule has 0 aliphatic heterocycles. The van der Waals surface area contributed by atoms with Gasteiger partial charge in [0, 0.05) is 21.9 Å². The first-order valence-corrected chi connectivity index (χ1v) is 11.2. The molecular formula is C22H18FN3O5S. The number of halogens is 1. The topological polar surface area (TPSA) is 131 Å². The quantitative estimate of drug-likeness (QED) is 0.426. The third kappa shape index (κ3) is 3.87. The molecule has 0 spiro atoms. The molecule has 1 heterocycles. The molecule has 164 valence electrons. The molecule has 10 heteroatoms. The zero-order valence-electron chi connectivity index (χ0n) is 17.0. The standard InChI is InChI=1S/C22H18FN3O5S/c1-31-19-6-4-11(10-17(19)23)13-8-15-14-7-12(22(28)26-32(2,29)30)3-5-18(14)25-20(15)16(9-13)21(24)27/h3-10,25H,1-2H3,(H2,24,27)(H,26,28). The number of aromatic amines is 1. The summed E-state index contributed by atoms with van der Waals surface area (Å²) < 4.78 is 43.9. The Kier molecular flexibility index (Phi) is 5.09. The van der Waals surface area contributed by atoms with Crippen molar-refractivity contribution in [1.29, 1.82) is 0 Å². The number of carbonyl (C=O) groups is 2. The fourth-order valence-corrected chi connectivity index (χ4v) is 4.03. The van der Waals surface area contributed by atoms with Crippen molar-refractivity contribution in [1.82, 2.24) is 9.71 Å². The number of primary amides is 1. The number of benzene rings is 3. The van der Waals surface area contributed by atoms with Crippen molar-refractivity contribution in [2.24, 2.45) is 5.73 Å². The second-order valence-corrected chi connectivity index (χ2v) is 9.00. The summed E-state index contributed by atoms with van der Waals surface area (Å²) in [6.45, 7) is 0. The van der Waals surface area contributed by atoms with Gasteiger partial charge in [0.1, 0.15) is 0 Å². The lowest BCUT2D eigenvalue weighted by Gasteiger charge is -2.08. The summed E-state index contributed by atoms with van der Waals surface area (Å²) in [4.78, 5) is 27.6. The number of amides is 2. The van der Waals surface area contributed by atoms with Crippen LogP contribution in [0.2, 0.25) is 0 Å². The van der Waals surface area contributed by atoms with Gasteiger partial charge in [0.15, 0.2) is 11.6 Å². The zero-order chi connectivity index (χ0) is 23.2. The fraction of sp³-hybridized carbons (Fsp3) is 0.0909. The Morgan fingerprint density at radius 3 is 2.41 bits per heavy atom. The van der Waals surface area contributed by atoms with E-state index in [4.69, 9.17) is 10.5 Å². The van der Waals surface area contributed by atoms with Crippen LogP contribution in [0.25, 0.3) is 32.9 Å². The van der Waals surface area contributed by atoms with Gasteiger partial charge < -0.3 is 15.5 Å². The van der Waals surface area contributed by atoms with Gasteiger partial charge in [-0.05, 0) is 53.6 Å². The number of carbonyl (C=O) groups excluding carboxylic acids is 2. The Hall–Kier alpha value is -3.92. The van der Waals surface area contributed by atoms with E-state index in [1.54, 1.807) is 24.3 Å². The highest BCUT2D eigenvalue weighted by molar-refractivity contribution is 7.89. The van der Waals surface area contributed by atoms with E-state index >= 15 is 0 Å². The number of nitrogens with one attached hydrogen (secondary N) is 2. The predicted molar refractivity (Wildman–Crippen MR) is 119 cm³/mol. The molecule has 0 fully saturated rings. The molecule has 0 saturated heterocycles. The molecule has 2 amide bonds. The predicted octanol–water partition coefficient (Wildman–Crippen LogP) is 2.92. The molecule has 0 saturated carbocycles. The Bertz CT molecular complexity index is 1530. The van der Waals surface area contributed by atoms with Crippen LogP contribution in [0.15, 0.2) is 48.5 Å². The number of H-pyrrole nitrogens is 1. The normalized spacial score (nSPS) is 11.6. The van der Waals surface area contributed by atoms with Crippen molar-refractivity contribution in [3.8, 4) is 16.9 Å². The third-order valence-corrected chi connectivity index (χ3v) is 5.55. The first-order chi connectivity index (χ1) is 15.1. The average Bonchev–Trinajstić information content (AvgIpc) is 3.09. The van der Waals surface area contributed by atoms with Crippen molar-refractivity contribution in [3.05, 3.63) is 65.5 Å². The van der Waals surface area contributed by atoms with Gasteiger partial charge in [-0.3, -0.25) is 9.59 Å². The number of nitrogens with two attached hydrogens (primary N) is 1. The number of methoxy groups -OCH3 is 1. The van der Waals surface area contributed by atoms with Gasteiger partial charge in [-0.15, -0.1) is 0 Å². The number of sulfonamides is 1. The van der Waals surface area contributed by atoms with Crippen LogP contribution in [-0.2, 0) is 10.0 Å². The van der Waals surface area contributed by atoms with E-state index < -0.39 is 27.7 Å². The highest BCUT2D eigenvalue weighted by Gasteiger charge is 2.18. The van der Waals surface area contributed by atoms with E-state index in [9.17, 15) is 22.4 Å². The van der Waals surface area contributed by atoms with Gasteiger partial charge in [-0.2, -0.15) is 0 Å². The van der Waals surface area contributed by atoms with Crippen molar-refractivity contribution >= 4 is 43.6 Å². The molecule has 8 nitrogen and oxygen atoms in total. The Balaban J connectivity index is 1.95. The number of rotatable bonds is 5. The van der Waals surface area contributed by atoms with Crippen molar-refractivity contribution < 1.29 is 27.1 Å². The minimum absolute atomic E-state index is 0.0820. The Labute approximate surface area is 182 Å². The second-order valence-electron chi connectivity index (χ2n) is 7.25. The molecule has 3 aromatic carbocycles. The van der Waals surface area contributed by atoms with Crippen molar-refractivity contribution in [2.45, 2.75) is 0 Å². The maximum absolute atomic E-state index is 14.3. The Morgan fingerprint density at radius 2 is 1.78 bits per heavy atom. The van der Waals surface area contributed by atoms with Crippen LogP contribution < -0.4 is 15.2 Å². The third-order valence-electron chi connectivity index (χ3n) is 5.00. The van der Waals surface area contributed by atoms with E-state index in [1.165, 1.54) is 31.4 Å². The molecule has 4 rings (SSSR count). The largest absolute Gasteiger partial charge is 0.494 e. The van der Waals surface area contributed by atoms with Crippen LogP contribution in [0.5, 0.6) is 5.75 Å². The van der Waals surface area contributed by atoms with Crippen LogP contribution in [0, 0.1) is 5.82 Å². The summed E-state index contributed by atoms with van der Waals surface area (Å²) in [6.07, 6.45) is 0.883. The van der Waals surface area contributed by atoms with Crippen LogP contribution in [0.1, 0.15) is 20.7 Å². The molecule has 0 aliphatic rings. The first-order valence-electron chi connectivity index (χ1n) is 9.32. The highest BCUT2D eigenvalue weighted by Crippen LogP contribution is 2.34. The lowest BCUT2D eigenvalue weighted by atomic mass is 9.98. The van der Waals surface area contributed by atoms with Gasteiger partial charge in [-0.25, -0.2) is 17.5 Å². The van der Waals surface area contributed by atoms with Crippen molar-refractivity contribution in [2.75, 3.05) is 13.4 Å². The van der Waals surface area contributed by atoms with Gasteiger partial charge in [0.05, 0.1) is 24.4 Å². The number of fused-ring (bicyclic) bond motifs is 3. The highest BCUT2D eigenvalue weighted by atomic mass is 32.2. The van der Waals surface area contributed by atoms with Crippen LogP contribution in [0.3, 0.4) is 0 Å². The average molecular weight is 455 g/mol. The number of hydrogen-bond donors (Lipinski definition) is 3. The summed E-state index contributed by atoms with van der Waals surface area (Å²) >= 11 is 0. The van der Waals surface area contributed by atoms with Gasteiger partial charge in [0.2, 0.25) is 10.0 Å². The first kappa shape index (κ1) is 21.3. The van der Waals surface area contributed by atoms with Gasteiger partial charge in [0.25, 0.3) is 11.8 Å². The van der Waals surface area contributed by atoms with Gasteiger partial charge in [-0.1, -0.05) is 6.07 Å². The van der Waals surface area contributed by atoms with E-state index in [-0.39, 0.29) is 16.9 Å². The lowest BCUT2D eigenvalue weighted by molar-refractivity contribution is 0.0978. The molecule has 0 radical (unpaired) electrons. The van der Waals surface area contributed by atoms with Crippen LogP contribution in [0.4, 0.5) is 4.39 Å². The summed E-state index contributed by atoms with van der Waals surface area (Å²) in [5.41, 5.74) is 7.97. The molecule has 0 bridgehead atoms. The van der Waals surface area contributed by atoms with Crippen LogP contribution in [-0.4, -0.2) is 38.6 Å². The summed E-state index contributed by atoms with van der Waals surface area (Å²) in [5.74, 6) is -1.96. The number of ether oxygens (including phenoxy) is 1. The smallest absolute Gasteiger partial charge is 0.264 e. The molecule has 1 aromatic heterocycles. The minimum atomic E-state index is -3.74. The molecule has 32 heavy (non-hydrogen) atoms. The molecule has 0 unspecified atom stereocenters. The molecule has 4 aromatic rings. The number of hydrogen-bond acceptors (Lipinski definition) is 5. The summed E-state index contributed by atoms with van der Waals surface area (Å²) in [7, 11) is -2.38. The summed E-state index contributed by atoms with van der Waals surface area (Å²) in [6, 6.07) is 12.3. The van der Waals surface area contributed by atoms with Crippen LogP contribution >= 0.6 is 0 Å². The van der Waals surface area contributed by atoms with E-state index in [2.05, 4.69) is 4.98 Å². The number of aromatic nitrogens is 1. The van der Waals surface area contributed by atoms with Crippen molar-refractivity contribution in [3.63, 3.8) is 0 Å². The molecule has 0 atom stereocenters. The summed E-state index contributed by atoms with van der Waals surface area (Å²) in [5, 5.41) is 1.14. The second kappa shape index (κ2) is 7.65. The zero-order valence-corrected chi connectivity index (χ0v) is 17.8. The van der Waals surface area contributed by atoms with E-state index in [0.717, 1.165) is 6.26 Å². The SMILES string of the molecule is COc1ccc(-c2cc(C(N)=O)c3[nH]c4ccc(C(=O)NS(C)(=O)=O)cc4c3c2)cc1F. The molecule has 4 N–H and O–H groups in total. The maximum Gasteiger partial charge on any atom is 0.264 e. The Morgan fingerprint density at radius 1 is 1.03 bits per heavy atom. The molecular weight excluding hydrogens is 437 g/mol. The monoisotopic (exact) mass is 455 g/mol. The van der Waals surface area contributed by atoms with E-state index in [1.807, 2.05) is 4.72 Å². The lowest BCUT2D eigenvalue weighted by Crippen LogP contribution is -2.29. The fourth-order valence-electron chi connectivity index (χ4n) is 3.58. The maximum atomic E-state index is 14.3. The molecule has 0 aliphatic carbocycles. The minimum Gasteiger partial charge on any atom is -0.494 e.